The number of aromatic nitrogens is 1. The van der Waals surface area contributed by atoms with E-state index in [1.807, 2.05) is 18.3 Å². The zero-order chi connectivity index (χ0) is 15.1. The zero-order valence-electron chi connectivity index (χ0n) is 12.7. The number of carbonyl (C=O) groups excluding carboxylic acids is 1. The molecule has 1 heterocycles. The molecule has 21 heavy (non-hydrogen) atoms. The van der Waals surface area contributed by atoms with E-state index in [1.54, 1.807) is 0 Å². The van der Waals surface area contributed by atoms with E-state index >= 15 is 0 Å². The SMILES string of the molecule is CC(C)CNC(=O)CCNCc1cccc2cccnc12. The fourth-order valence-corrected chi connectivity index (χ4v) is 2.14. The highest BCUT2D eigenvalue weighted by Crippen LogP contribution is 2.15. The monoisotopic (exact) mass is 285 g/mol. The number of pyridine rings is 1. The lowest BCUT2D eigenvalue weighted by atomic mass is 10.1. The fraction of sp³-hybridized carbons (Fsp3) is 0.412. The molecule has 0 radical (unpaired) electrons. The summed E-state index contributed by atoms with van der Waals surface area (Å²) in [4.78, 5) is 16.0. The predicted molar refractivity (Wildman–Crippen MR) is 85.9 cm³/mol. The van der Waals surface area contributed by atoms with Gasteiger partial charge in [0.05, 0.1) is 5.52 Å². The number of benzene rings is 1. The number of fused-ring (bicyclic) bond motifs is 1. The lowest BCUT2D eigenvalue weighted by Crippen LogP contribution is -2.30. The van der Waals surface area contributed by atoms with Gasteiger partial charge in [-0.2, -0.15) is 0 Å². The summed E-state index contributed by atoms with van der Waals surface area (Å²) in [5, 5.41) is 7.38. The lowest BCUT2D eigenvalue weighted by molar-refractivity contribution is -0.121. The van der Waals surface area contributed by atoms with E-state index in [1.165, 1.54) is 0 Å². The van der Waals surface area contributed by atoms with Crippen LogP contribution in [0.5, 0.6) is 0 Å². The normalized spacial score (nSPS) is 11.0. The highest BCUT2D eigenvalue weighted by Gasteiger charge is 2.03. The molecule has 1 aromatic heterocycles. The second kappa shape index (κ2) is 7.74. The highest BCUT2D eigenvalue weighted by molar-refractivity contribution is 5.81. The van der Waals surface area contributed by atoms with E-state index < -0.39 is 0 Å². The Morgan fingerprint density at radius 2 is 2.05 bits per heavy atom. The molecular weight excluding hydrogens is 262 g/mol. The number of amides is 1. The van der Waals surface area contributed by atoms with Crippen LogP contribution in [0.3, 0.4) is 0 Å². The molecule has 0 saturated heterocycles. The van der Waals surface area contributed by atoms with Crippen LogP contribution < -0.4 is 10.6 Å². The molecule has 0 saturated carbocycles. The van der Waals surface area contributed by atoms with Crippen LogP contribution in [0.25, 0.3) is 10.9 Å². The number of nitrogens with zero attached hydrogens (tertiary/aromatic N) is 1. The van der Waals surface area contributed by atoms with Gasteiger partial charge in [0.1, 0.15) is 0 Å². The van der Waals surface area contributed by atoms with Gasteiger partial charge < -0.3 is 10.6 Å². The Kier molecular flexibility index (Phi) is 5.69. The summed E-state index contributed by atoms with van der Waals surface area (Å²) in [7, 11) is 0. The van der Waals surface area contributed by atoms with Crippen molar-refractivity contribution in [2.24, 2.45) is 5.92 Å². The molecule has 0 spiro atoms. The van der Waals surface area contributed by atoms with Crippen molar-refractivity contribution in [3.05, 3.63) is 42.1 Å². The van der Waals surface area contributed by atoms with Crippen molar-refractivity contribution in [3.63, 3.8) is 0 Å². The van der Waals surface area contributed by atoms with Crippen LogP contribution in [0.1, 0.15) is 25.8 Å². The standard InChI is InChI=1S/C17H23N3O/c1-13(2)11-20-16(21)8-10-18-12-15-6-3-5-14-7-4-9-19-17(14)15/h3-7,9,13,18H,8,10-12H2,1-2H3,(H,20,21). The van der Waals surface area contributed by atoms with Gasteiger partial charge in [-0.25, -0.2) is 0 Å². The molecule has 2 N–H and O–H groups in total. The molecule has 4 heteroatoms. The molecule has 1 amide bonds. The van der Waals surface area contributed by atoms with Crippen LogP contribution in [0.2, 0.25) is 0 Å². The number of hydrogen-bond donors (Lipinski definition) is 2. The number of rotatable bonds is 7. The summed E-state index contributed by atoms with van der Waals surface area (Å²) in [6, 6.07) is 10.2. The van der Waals surface area contributed by atoms with Crippen LogP contribution >= 0.6 is 0 Å². The molecule has 4 nitrogen and oxygen atoms in total. The first-order chi connectivity index (χ1) is 10.2. The van der Waals surface area contributed by atoms with Gasteiger partial charge in [0.2, 0.25) is 5.91 Å². The van der Waals surface area contributed by atoms with Crippen molar-refractivity contribution in [1.29, 1.82) is 0 Å². The lowest BCUT2D eigenvalue weighted by Gasteiger charge is -2.09. The van der Waals surface area contributed by atoms with Crippen molar-refractivity contribution >= 4 is 16.8 Å². The fourth-order valence-electron chi connectivity index (χ4n) is 2.14. The number of para-hydroxylation sites is 1. The average molecular weight is 285 g/mol. The summed E-state index contributed by atoms with van der Waals surface area (Å²) < 4.78 is 0. The molecule has 1 aromatic carbocycles. The van der Waals surface area contributed by atoms with E-state index in [-0.39, 0.29) is 5.91 Å². The van der Waals surface area contributed by atoms with E-state index in [4.69, 9.17) is 0 Å². The van der Waals surface area contributed by atoms with E-state index in [9.17, 15) is 4.79 Å². The Labute approximate surface area is 126 Å². The molecule has 112 valence electrons. The van der Waals surface area contributed by atoms with Crippen molar-refractivity contribution < 1.29 is 4.79 Å². The van der Waals surface area contributed by atoms with Crippen molar-refractivity contribution in [2.45, 2.75) is 26.8 Å². The van der Waals surface area contributed by atoms with Crippen molar-refractivity contribution in [2.75, 3.05) is 13.1 Å². The quantitative estimate of drug-likeness (QED) is 0.768. The minimum Gasteiger partial charge on any atom is -0.356 e. The van der Waals surface area contributed by atoms with Gasteiger partial charge in [-0.05, 0) is 17.5 Å². The van der Waals surface area contributed by atoms with Crippen LogP contribution in [0, 0.1) is 5.92 Å². The van der Waals surface area contributed by atoms with Gasteiger partial charge in [-0.3, -0.25) is 9.78 Å². The molecular formula is C17H23N3O. The largest absolute Gasteiger partial charge is 0.356 e. The first-order valence-corrected chi connectivity index (χ1v) is 7.47. The minimum absolute atomic E-state index is 0.104. The van der Waals surface area contributed by atoms with E-state index in [2.05, 4.69) is 47.7 Å². The molecule has 0 bridgehead atoms. The summed E-state index contributed by atoms with van der Waals surface area (Å²) in [6.07, 6.45) is 2.32. The van der Waals surface area contributed by atoms with Gasteiger partial charge >= 0.3 is 0 Å². The first kappa shape index (κ1) is 15.4. The van der Waals surface area contributed by atoms with E-state index in [0.717, 1.165) is 29.6 Å². The summed E-state index contributed by atoms with van der Waals surface area (Å²) >= 11 is 0. The first-order valence-electron chi connectivity index (χ1n) is 7.47. The van der Waals surface area contributed by atoms with Gasteiger partial charge in [-0.1, -0.05) is 38.1 Å². The van der Waals surface area contributed by atoms with Crippen LogP contribution in [-0.4, -0.2) is 24.0 Å². The molecule has 0 aliphatic rings. The van der Waals surface area contributed by atoms with Crippen LogP contribution in [0.4, 0.5) is 0 Å². The Morgan fingerprint density at radius 1 is 1.24 bits per heavy atom. The van der Waals surface area contributed by atoms with Gasteiger partial charge in [0, 0.05) is 37.6 Å². The number of carbonyl (C=O) groups is 1. The topological polar surface area (TPSA) is 54.0 Å². The molecule has 0 unspecified atom stereocenters. The molecule has 0 atom stereocenters. The van der Waals surface area contributed by atoms with Crippen molar-refractivity contribution in [3.8, 4) is 0 Å². The highest BCUT2D eigenvalue weighted by atomic mass is 16.1. The second-order valence-electron chi connectivity index (χ2n) is 5.62. The molecule has 0 fully saturated rings. The second-order valence-corrected chi connectivity index (χ2v) is 5.62. The average Bonchev–Trinajstić information content (AvgIpc) is 2.49. The summed E-state index contributed by atoms with van der Waals surface area (Å²) in [6.45, 7) is 6.32. The zero-order valence-corrected chi connectivity index (χ0v) is 12.7. The van der Waals surface area contributed by atoms with Gasteiger partial charge in [0.15, 0.2) is 0 Å². The van der Waals surface area contributed by atoms with Crippen molar-refractivity contribution in [1.82, 2.24) is 15.6 Å². The summed E-state index contributed by atoms with van der Waals surface area (Å²) in [5.74, 6) is 0.593. The molecule has 0 aliphatic carbocycles. The van der Waals surface area contributed by atoms with Gasteiger partial charge in [-0.15, -0.1) is 0 Å². The maximum atomic E-state index is 11.6. The smallest absolute Gasteiger partial charge is 0.221 e. The molecule has 2 rings (SSSR count). The minimum atomic E-state index is 0.104. The van der Waals surface area contributed by atoms with E-state index in [0.29, 0.717) is 18.9 Å². The third-order valence-corrected chi connectivity index (χ3v) is 3.27. The maximum Gasteiger partial charge on any atom is 0.221 e. The van der Waals surface area contributed by atoms with Gasteiger partial charge in [0.25, 0.3) is 0 Å². The van der Waals surface area contributed by atoms with Crippen LogP contribution in [-0.2, 0) is 11.3 Å². The Hall–Kier alpha value is -1.94. The van der Waals surface area contributed by atoms with Crippen LogP contribution in [0.15, 0.2) is 36.5 Å². The Morgan fingerprint density at radius 3 is 2.86 bits per heavy atom. The number of nitrogens with one attached hydrogen (secondary N) is 2. The maximum absolute atomic E-state index is 11.6. The predicted octanol–water partition coefficient (Wildman–Crippen LogP) is 2.49. The Balaban J connectivity index is 1.79. The Bertz CT molecular complexity index is 590. The third-order valence-electron chi connectivity index (χ3n) is 3.27. The third kappa shape index (κ3) is 4.83. The molecule has 2 aromatic rings. The number of hydrogen-bond acceptors (Lipinski definition) is 3. The molecule has 0 aliphatic heterocycles. The summed E-state index contributed by atoms with van der Waals surface area (Å²) in [5.41, 5.74) is 2.19.